The summed E-state index contributed by atoms with van der Waals surface area (Å²) in [5.41, 5.74) is 0. The van der Waals surface area contributed by atoms with E-state index in [-0.39, 0.29) is 0 Å². The highest BCUT2D eigenvalue weighted by atomic mass is 14.9. The SMILES string of the molecule is CCNC(CC1CCCCCC1)C1CC1. The Labute approximate surface area is 95.0 Å². The molecule has 1 atom stereocenters. The van der Waals surface area contributed by atoms with E-state index in [9.17, 15) is 0 Å². The van der Waals surface area contributed by atoms with Crippen LogP contribution in [-0.4, -0.2) is 12.6 Å². The van der Waals surface area contributed by atoms with Crippen LogP contribution in [-0.2, 0) is 0 Å². The van der Waals surface area contributed by atoms with Crippen LogP contribution < -0.4 is 5.32 Å². The molecular formula is C14H27N. The molecule has 0 aromatic carbocycles. The molecular weight excluding hydrogens is 182 g/mol. The van der Waals surface area contributed by atoms with Crippen molar-refractivity contribution < 1.29 is 0 Å². The predicted octanol–water partition coefficient (Wildman–Crippen LogP) is 3.74. The van der Waals surface area contributed by atoms with Crippen molar-refractivity contribution >= 4 is 0 Å². The molecule has 2 fully saturated rings. The minimum Gasteiger partial charge on any atom is -0.314 e. The molecule has 0 amide bonds. The van der Waals surface area contributed by atoms with Crippen molar-refractivity contribution in [3.8, 4) is 0 Å². The highest BCUT2D eigenvalue weighted by Gasteiger charge is 2.32. The quantitative estimate of drug-likeness (QED) is 0.680. The van der Waals surface area contributed by atoms with E-state index >= 15 is 0 Å². The standard InChI is InChI=1S/C14H27N/c1-2-15-14(13-9-10-13)11-12-7-5-3-4-6-8-12/h12-15H,2-11H2,1H3. The monoisotopic (exact) mass is 209 g/mol. The Morgan fingerprint density at radius 1 is 1.00 bits per heavy atom. The van der Waals surface area contributed by atoms with Gasteiger partial charge in [-0.2, -0.15) is 0 Å². The topological polar surface area (TPSA) is 12.0 Å². The van der Waals surface area contributed by atoms with Crippen molar-refractivity contribution in [2.45, 2.75) is 70.8 Å². The van der Waals surface area contributed by atoms with E-state index in [0.29, 0.717) is 0 Å². The van der Waals surface area contributed by atoms with Gasteiger partial charge in [-0.3, -0.25) is 0 Å². The van der Waals surface area contributed by atoms with Crippen LogP contribution in [0.4, 0.5) is 0 Å². The predicted molar refractivity (Wildman–Crippen MR) is 66.0 cm³/mol. The maximum absolute atomic E-state index is 3.71. The van der Waals surface area contributed by atoms with Crippen molar-refractivity contribution in [1.29, 1.82) is 0 Å². The molecule has 1 N–H and O–H groups in total. The largest absolute Gasteiger partial charge is 0.314 e. The first-order valence-electron chi connectivity index (χ1n) is 7.13. The molecule has 2 aliphatic carbocycles. The molecule has 0 heterocycles. The molecule has 1 nitrogen and oxygen atoms in total. The Morgan fingerprint density at radius 2 is 1.67 bits per heavy atom. The Morgan fingerprint density at radius 3 is 2.20 bits per heavy atom. The van der Waals surface area contributed by atoms with Gasteiger partial charge in [0.25, 0.3) is 0 Å². The lowest BCUT2D eigenvalue weighted by Crippen LogP contribution is -2.32. The van der Waals surface area contributed by atoms with E-state index in [4.69, 9.17) is 0 Å². The van der Waals surface area contributed by atoms with Gasteiger partial charge in [-0.05, 0) is 37.6 Å². The van der Waals surface area contributed by atoms with Crippen LogP contribution in [0, 0.1) is 11.8 Å². The zero-order chi connectivity index (χ0) is 10.5. The smallest absolute Gasteiger partial charge is 0.00978 e. The Bertz CT molecular complexity index is 166. The molecule has 0 radical (unpaired) electrons. The zero-order valence-corrected chi connectivity index (χ0v) is 10.3. The van der Waals surface area contributed by atoms with E-state index in [0.717, 1.165) is 24.4 Å². The van der Waals surface area contributed by atoms with Gasteiger partial charge in [-0.1, -0.05) is 45.4 Å². The fraction of sp³-hybridized carbons (Fsp3) is 1.00. The average Bonchev–Trinajstić information content (AvgIpc) is 3.05. The minimum absolute atomic E-state index is 0.859. The van der Waals surface area contributed by atoms with Crippen LogP contribution >= 0.6 is 0 Å². The van der Waals surface area contributed by atoms with E-state index in [1.807, 2.05) is 0 Å². The summed E-state index contributed by atoms with van der Waals surface area (Å²) in [6.45, 7) is 3.41. The fourth-order valence-corrected chi connectivity index (χ4v) is 3.16. The highest BCUT2D eigenvalue weighted by Crippen LogP contribution is 2.37. The summed E-state index contributed by atoms with van der Waals surface area (Å²) in [5.74, 6) is 2.07. The Balaban J connectivity index is 1.75. The van der Waals surface area contributed by atoms with Crippen LogP contribution in [0.3, 0.4) is 0 Å². The van der Waals surface area contributed by atoms with Crippen LogP contribution in [0.2, 0.25) is 0 Å². The molecule has 0 aliphatic heterocycles. The summed E-state index contributed by atoms with van der Waals surface area (Å²) in [6, 6.07) is 0.859. The highest BCUT2D eigenvalue weighted by molar-refractivity contribution is 4.87. The maximum atomic E-state index is 3.71. The van der Waals surface area contributed by atoms with Gasteiger partial charge in [0, 0.05) is 6.04 Å². The lowest BCUT2D eigenvalue weighted by molar-refractivity contribution is 0.332. The van der Waals surface area contributed by atoms with Crippen molar-refractivity contribution in [3.63, 3.8) is 0 Å². The normalized spacial score (nSPS) is 26.2. The summed E-state index contributed by atoms with van der Waals surface area (Å²) >= 11 is 0. The van der Waals surface area contributed by atoms with Gasteiger partial charge in [-0.25, -0.2) is 0 Å². The van der Waals surface area contributed by atoms with Crippen LogP contribution in [0.5, 0.6) is 0 Å². The van der Waals surface area contributed by atoms with Crippen LogP contribution in [0.1, 0.15) is 64.7 Å². The molecule has 1 heteroatoms. The summed E-state index contributed by atoms with van der Waals surface area (Å²) in [7, 11) is 0. The van der Waals surface area contributed by atoms with E-state index in [2.05, 4.69) is 12.2 Å². The number of hydrogen-bond donors (Lipinski definition) is 1. The Hall–Kier alpha value is -0.0400. The van der Waals surface area contributed by atoms with Gasteiger partial charge >= 0.3 is 0 Å². The number of hydrogen-bond acceptors (Lipinski definition) is 1. The molecule has 2 saturated carbocycles. The van der Waals surface area contributed by atoms with Gasteiger partial charge in [0.1, 0.15) is 0 Å². The molecule has 88 valence electrons. The minimum atomic E-state index is 0.859. The van der Waals surface area contributed by atoms with Gasteiger partial charge in [-0.15, -0.1) is 0 Å². The van der Waals surface area contributed by atoms with Gasteiger partial charge in [0.05, 0.1) is 0 Å². The molecule has 0 saturated heterocycles. The first-order chi connectivity index (χ1) is 7.40. The average molecular weight is 209 g/mol. The second-order valence-electron chi connectivity index (χ2n) is 5.59. The molecule has 1 unspecified atom stereocenters. The molecule has 0 spiro atoms. The van der Waals surface area contributed by atoms with Crippen molar-refractivity contribution in [1.82, 2.24) is 5.32 Å². The van der Waals surface area contributed by atoms with Gasteiger partial charge < -0.3 is 5.32 Å². The third-order valence-electron chi connectivity index (χ3n) is 4.22. The second kappa shape index (κ2) is 5.89. The summed E-state index contributed by atoms with van der Waals surface area (Å²) < 4.78 is 0. The first kappa shape index (κ1) is 11.4. The van der Waals surface area contributed by atoms with Crippen molar-refractivity contribution in [2.24, 2.45) is 11.8 Å². The molecule has 2 rings (SSSR count). The third-order valence-corrected chi connectivity index (χ3v) is 4.22. The summed E-state index contributed by atoms with van der Waals surface area (Å²) in [4.78, 5) is 0. The summed E-state index contributed by atoms with van der Waals surface area (Å²) in [5, 5.41) is 3.71. The lowest BCUT2D eigenvalue weighted by Gasteiger charge is -2.23. The van der Waals surface area contributed by atoms with E-state index in [1.165, 1.54) is 57.8 Å². The lowest BCUT2D eigenvalue weighted by atomic mass is 9.90. The number of rotatable bonds is 5. The molecule has 0 bridgehead atoms. The van der Waals surface area contributed by atoms with Crippen molar-refractivity contribution in [3.05, 3.63) is 0 Å². The molecule has 0 aromatic heterocycles. The molecule has 15 heavy (non-hydrogen) atoms. The number of nitrogens with one attached hydrogen (secondary N) is 1. The van der Waals surface area contributed by atoms with Crippen LogP contribution in [0.25, 0.3) is 0 Å². The van der Waals surface area contributed by atoms with E-state index < -0.39 is 0 Å². The Kier molecular flexibility index (Phi) is 4.49. The first-order valence-corrected chi connectivity index (χ1v) is 7.13. The van der Waals surface area contributed by atoms with Crippen LogP contribution in [0.15, 0.2) is 0 Å². The van der Waals surface area contributed by atoms with Gasteiger partial charge in [0.2, 0.25) is 0 Å². The molecule has 2 aliphatic rings. The van der Waals surface area contributed by atoms with Crippen molar-refractivity contribution in [2.75, 3.05) is 6.54 Å². The fourth-order valence-electron chi connectivity index (χ4n) is 3.16. The second-order valence-corrected chi connectivity index (χ2v) is 5.59. The van der Waals surface area contributed by atoms with E-state index in [1.54, 1.807) is 0 Å². The summed E-state index contributed by atoms with van der Waals surface area (Å²) in [6.07, 6.45) is 13.4. The third kappa shape index (κ3) is 3.79. The van der Waals surface area contributed by atoms with Gasteiger partial charge in [0.15, 0.2) is 0 Å². The zero-order valence-electron chi connectivity index (χ0n) is 10.3. The molecule has 0 aromatic rings. The maximum Gasteiger partial charge on any atom is 0.00978 e.